The number of rotatable bonds is 19. The molecule has 1 saturated heterocycles. The Morgan fingerprint density at radius 1 is 0.831 bits per heavy atom. The fraction of sp³-hybridized carbons (Fsp3) is 0.660. The van der Waals surface area contributed by atoms with E-state index in [9.17, 15) is 14.4 Å². The molecule has 1 aliphatic heterocycles. The predicted octanol–water partition coefficient (Wildman–Crippen LogP) is 8.03. The van der Waals surface area contributed by atoms with E-state index in [0.29, 0.717) is 43.1 Å². The Kier molecular flexibility index (Phi) is 18.7. The number of piperidine rings is 1. The largest absolute Gasteiger partial charge is 0.444 e. The fourth-order valence-electron chi connectivity index (χ4n) is 7.28. The number of nitrogens with zero attached hydrogens (tertiary/aromatic N) is 1. The maximum Gasteiger partial charge on any atom is 0.407 e. The molecule has 0 bridgehead atoms. The minimum atomic E-state index is -2.55. The van der Waals surface area contributed by atoms with Crippen LogP contribution in [0.4, 0.5) is 4.79 Å². The van der Waals surface area contributed by atoms with Crippen molar-refractivity contribution in [2.45, 2.75) is 169 Å². The summed E-state index contributed by atoms with van der Waals surface area (Å²) in [6, 6.07) is 16.3. The second-order valence-electron chi connectivity index (χ2n) is 19.3. The number of nitrogens with one attached hydrogen (secondary N) is 4. The van der Waals surface area contributed by atoms with Gasteiger partial charge in [-0.1, -0.05) is 96.5 Å². The van der Waals surface area contributed by atoms with E-state index in [1.165, 1.54) is 0 Å². The van der Waals surface area contributed by atoms with Crippen LogP contribution >= 0.6 is 0 Å². The second kappa shape index (κ2) is 22.2. The van der Waals surface area contributed by atoms with Crippen molar-refractivity contribution >= 4 is 32.1 Å². The summed E-state index contributed by atoms with van der Waals surface area (Å²) >= 11 is 0. The standard InChI is InChI=1S/C47H77N5O6Si/c1-14-33(5)41(44(55)52-27-25-37(26-28-52)48-15-2)51-42(53)36(30-35-23-19-20-24-38(35)43(54)49-32(3)4)31-40(58-59(12,13)47(9,10)11)39(29-34-21-17-16-18-22-34)50-45(56)57-46(6,7)8/h16-24,32-33,36-37,39-41,48H,14-15,25-31H2,1-13H3,(H,49,54)(H,50,56)(H,51,53). The molecule has 5 atom stereocenters. The van der Waals surface area contributed by atoms with E-state index >= 15 is 4.79 Å². The van der Waals surface area contributed by atoms with Crippen LogP contribution in [0.25, 0.3) is 0 Å². The second-order valence-corrected chi connectivity index (χ2v) is 24.1. The van der Waals surface area contributed by atoms with Crippen molar-refractivity contribution < 1.29 is 28.3 Å². The van der Waals surface area contributed by atoms with Crippen LogP contribution in [0.3, 0.4) is 0 Å². The van der Waals surface area contributed by atoms with E-state index in [-0.39, 0.29) is 47.6 Å². The summed E-state index contributed by atoms with van der Waals surface area (Å²) < 4.78 is 13.1. The molecule has 0 spiro atoms. The number of hydrogen-bond acceptors (Lipinski definition) is 7. The lowest BCUT2D eigenvalue weighted by Gasteiger charge is -2.42. The van der Waals surface area contributed by atoms with E-state index in [1.54, 1.807) is 6.07 Å². The van der Waals surface area contributed by atoms with Crippen LogP contribution in [0.5, 0.6) is 0 Å². The molecule has 5 unspecified atom stereocenters. The van der Waals surface area contributed by atoms with E-state index in [0.717, 1.165) is 24.9 Å². The van der Waals surface area contributed by atoms with Gasteiger partial charge in [0.25, 0.3) is 5.91 Å². The number of alkyl carbamates (subject to hydrolysis) is 1. The van der Waals surface area contributed by atoms with Crippen molar-refractivity contribution in [1.29, 1.82) is 0 Å². The van der Waals surface area contributed by atoms with E-state index in [4.69, 9.17) is 9.16 Å². The van der Waals surface area contributed by atoms with Gasteiger partial charge in [0.15, 0.2) is 8.32 Å². The van der Waals surface area contributed by atoms with Gasteiger partial charge >= 0.3 is 6.09 Å². The number of ether oxygens (including phenoxy) is 1. The third-order valence-electron chi connectivity index (χ3n) is 11.8. The van der Waals surface area contributed by atoms with Crippen molar-refractivity contribution in [3.05, 3.63) is 71.3 Å². The topological polar surface area (TPSA) is 138 Å². The summed E-state index contributed by atoms with van der Waals surface area (Å²) in [6.07, 6.45) is 2.06. The number of carbonyl (C=O) groups is 4. The number of hydrogen-bond donors (Lipinski definition) is 4. The minimum absolute atomic E-state index is 0.0688. The molecule has 2 aromatic rings. The number of likely N-dealkylation sites (tertiary alicyclic amines) is 1. The molecule has 1 heterocycles. The minimum Gasteiger partial charge on any atom is -0.444 e. The van der Waals surface area contributed by atoms with Gasteiger partial charge in [-0.15, -0.1) is 0 Å². The Bertz CT molecular complexity index is 1650. The highest BCUT2D eigenvalue weighted by atomic mass is 28.4. The molecule has 0 aromatic heterocycles. The molecule has 3 rings (SSSR count). The first-order valence-corrected chi connectivity index (χ1v) is 24.9. The summed E-state index contributed by atoms with van der Waals surface area (Å²) in [7, 11) is -2.55. The van der Waals surface area contributed by atoms with Crippen LogP contribution in [0.2, 0.25) is 18.1 Å². The van der Waals surface area contributed by atoms with Crippen LogP contribution in [-0.2, 0) is 31.6 Å². The Morgan fingerprint density at radius 2 is 1.44 bits per heavy atom. The van der Waals surface area contributed by atoms with Gasteiger partial charge < -0.3 is 35.3 Å². The Balaban J connectivity index is 2.17. The monoisotopic (exact) mass is 836 g/mol. The molecule has 2 aromatic carbocycles. The van der Waals surface area contributed by atoms with Crippen molar-refractivity contribution in [2.24, 2.45) is 11.8 Å². The van der Waals surface area contributed by atoms with Crippen molar-refractivity contribution in [3.8, 4) is 0 Å². The summed E-state index contributed by atoms with van der Waals surface area (Å²) in [5.41, 5.74) is 1.47. The van der Waals surface area contributed by atoms with Gasteiger partial charge in [0.05, 0.1) is 12.1 Å². The number of amides is 4. The Labute approximate surface area is 357 Å². The highest BCUT2D eigenvalue weighted by molar-refractivity contribution is 6.74. The highest BCUT2D eigenvalue weighted by Crippen LogP contribution is 2.39. The zero-order valence-electron chi connectivity index (χ0n) is 38.5. The van der Waals surface area contributed by atoms with Gasteiger partial charge in [-0.05, 0) is 115 Å². The Morgan fingerprint density at radius 3 is 2.00 bits per heavy atom. The van der Waals surface area contributed by atoms with Crippen LogP contribution in [0, 0.1) is 11.8 Å². The third kappa shape index (κ3) is 15.7. The third-order valence-corrected chi connectivity index (χ3v) is 16.3. The molecular formula is C47H77N5O6Si. The van der Waals surface area contributed by atoms with Gasteiger partial charge in [-0.3, -0.25) is 14.4 Å². The fourth-order valence-corrected chi connectivity index (χ4v) is 8.66. The number of carbonyl (C=O) groups excluding carboxylic acids is 4. The van der Waals surface area contributed by atoms with E-state index in [2.05, 4.69) is 62.1 Å². The van der Waals surface area contributed by atoms with Gasteiger partial charge in [0.2, 0.25) is 11.8 Å². The lowest BCUT2D eigenvalue weighted by atomic mass is 9.86. The first kappa shape index (κ1) is 49.6. The molecule has 1 fully saturated rings. The molecule has 4 N–H and O–H groups in total. The maximum absolute atomic E-state index is 15.1. The van der Waals surface area contributed by atoms with Gasteiger partial charge in [0, 0.05) is 36.7 Å². The molecule has 0 radical (unpaired) electrons. The first-order chi connectivity index (χ1) is 27.5. The zero-order chi connectivity index (χ0) is 44.1. The Hall–Kier alpha value is -3.74. The van der Waals surface area contributed by atoms with Crippen LogP contribution in [0.15, 0.2) is 54.6 Å². The first-order valence-electron chi connectivity index (χ1n) is 22.0. The molecule has 12 heteroatoms. The maximum atomic E-state index is 15.1. The van der Waals surface area contributed by atoms with Crippen molar-refractivity contribution in [3.63, 3.8) is 0 Å². The van der Waals surface area contributed by atoms with Crippen LogP contribution < -0.4 is 21.3 Å². The van der Waals surface area contributed by atoms with Gasteiger partial charge in [0.1, 0.15) is 11.6 Å². The molecule has 11 nitrogen and oxygen atoms in total. The quantitative estimate of drug-likeness (QED) is 0.105. The molecule has 59 heavy (non-hydrogen) atoms. The highest BCUT2D eigenvalue weighted by Gasteiger charge is 2.43. The summed E-state index contributed by atoms with van der Waals surface area (Å²) in [4.78, 5) is 58.6. The van der Waals surface area contributed by atoms with Crippen molar-refractivity contribution in [1.82, 2.24) is 26.2 Å². The molecule has 4 amide bonds. The molecule has 0 aliphatic carbocycles. The van der Waals surface area contributed by atoms with Gasteiger partial charge in [-0.25, -0.2) is 4.79 Å². The van der Waals surface area contributed by atoms with Crippen molar-refractivity contribution in [2.75, 3.05) is 19.6 Å². The summed E-state index contributed by atoms with van der Waals surface area (Å²) in [5, 5.41) is 12.8. The van der Waals surface area contributed by atoms with Gasteiger partial charge in [-0.2, -0.15) is 0 Å². The predicted molar refractivity (Wildman–Crippen MR) is 241 cm³/mol. The SMILES string of the molecule is CCNC1CCN(C(=O)C(NC(=O)C(Cc2ccccc2C(=O)NC(C)C)CC(O[Si](C)(C)C(C)(C)C)C(Cc2ccccc2)NC(=O)OC(C)(C)C)C(C)CC)CC1. The normalized spacial score (nSPS) is 16.7. The molecule has 330 valence electrons. The van der Waals surface area contributed by atoms with Crippen LogP contribution in [0.1, 0.15) is 123 Å². The number of benzene rings is 2. The summed E-state index contributed by atoms with van der Waals surface area (Å²) in [5.74, 6) is -1.44. The average molecular weight is 836 g/mol. The summed E-state index contributed by atoms with van der Waals surface area (Å²) in [6.45, 7) is 28.4. The van der Waals surface area contributed by atoms with E-state index in [1.807, 2.05) is 102 Å². The molecule has 0 saturated carbocycles. The average Bonchev–Trinajstić information content (AvgIpc) is 3.15. The van der Waals surface area contributed by atoms with E-state index < -0.39 is 44.1 Å². The lowest BCUT2D eigenvalue weighted by molar-refractivity contribution is -0.140. The molecule has 1 aliphatic rings. The molecular weight excluding hydrogens is 759 g/mol. The zero-order valence-corrected chi connectivity index (χ0v) is 39.5. The smallest absolute Gasteiger partial charge is 0.407 e. The van der Waals surface area contributed by atoms with Crippen LogP contribution in [-0.4, -0.2) is 92.5 Å². The lowest BCUT2D eigenvalue weighted by Crippen LogP contribution is -2.57.